The van der Waals surface area contributed by atoms with Crippen LogP contribution in [0.15, 0.2) is 46.3 Å². The van der Waals surface area contributed by atoms with Crippen molar-refractivity contribution >= 4 is 29.4 Å². The number of carboxylic acids is 1. The van der Waals surface area contributed by atoms with E-state index >= 15 is 0 Å². The molecular formula is C15H12N2O6S. The average Bonchev–Trinajstić information content (AvgIpc) is 2.55. The number of esters is 1. The van der Waals surface area contributed by atoms with Crippen LogP contribution in [0.1, 0.15) is 27.8 Å². The number of nitro benzene ring substituents is 1. The van der Waals surface area contributed by atoms with Gasteiger partial charge in [-0.3, -0.25) is 10.1 Å². The molecule has 8 nitrogen and oxygen atoms in total. The first kappa shape index (κ1) is 17.4. The Kier molecular flexibility index (Phi) is 5.48. The van der Waals surface area contributed by atoms with Gasteiger partial charge < -0.3 is 9.84 Å². The van der Waals surface area contributed by atoms with Gasteiger partial charge in [0.1, 0.15) is 0 Å². The molecule has 0 bridgehead atoms. The van der Waals surface area contributed by atoms with Gasteiger partial charge in [0.05, 0.1) is 22.0 Å². The van der Waals surface area contributed by atoms with Crippen LogP contribution in [0, 0.1) is 10.1 Å². The van der Waals surface area contributed by atoms with E-state index in [2.05, 4.69) is 4.98 Å². The van der Waals surface area contributed by atoms with Gasteiger partial charge in [-0.15, -0.1) is 0 Å². The van der Waals surface area contributed by atoms with Crippen molar-refractivity contribution in [1.29, 1.82) is 0 Å². The van der Waals surface area contributed by atoms with Gasteiger partial charge in [-0.25, -0.2) is 14.6 Å². The number of carbonyl (C=O) groups is 2. The van der Waals surface area contributed by atoms with E-state index in [1.165, 1.54) is 30.5 Å². The number of nitrogens with zero attached hydrogens (tertiary/aromatic N) is 2. The third-order valence-electron chi connectivity index (χ3n) is 2.86. The van der Waals surface area contributed by atoms with Crippen molar-refractivity contribution in [2.45, 2.75) is 16.7 Å². The Morgan fingerprint density at radius 1 is 1.33 bits per heavy atom. The maximum atomic E-state index is 11.7. The maximum absolute atomic E-state index is 11.7. The van der Waals surface area contributed by atoms with E-state index in [1.54, 1.807) is 6.92 Å². The number of nitro groups is 1. The van der Waals surface area contributed by atoms with Crippen LogP contribution in [0.5, 0.6) is 0 Å². The zero-order valence-electron chi connectivity index (χ0n) is 12.5. The molecule has 0 fully saturated rings. The molecule has 0 aliphatic rings. The highest BCUT2D eigenvalue weighted by Gasteiger charge is 2.21. The van der Waals surface area contributed by atoms with E-state index in [0.29, 0.717) is 0 Å². The zero-order chi connectivity index (χ0) is 17.7. The third kappa shape index (κ3) is 3.87. The molecule has 0 aliphatic heterocycles. The standard InChI is InChI=1S/C15H12N2O6S/c1-2-23-15(20)9-5-6-11(10(8-9)17(21)22)24-12-4-3-7-16-13(12)14(18)19/h3-8H,2H2,1H3,(H,18,19). The van der Waals surface area contributed by atoms with Crippen LogP contribution in [-0.4, -0.2) is 33.6 Å². The summed E-state index contributed by atoms with van der Waals surface area (Å²) in [7, 11) is 0. The second-order valence-corrected chi connectivity index (χ2v) is 5.50. The third-order valence-corrected chi connectivity index (χ3v) is 3.97. The summed E-state index contributed by atoms with van der Waals surface area (Å²) in [6, 6.07) is 6.92. The normalized spacial score (nSPS) is 10.2. The van der Waals surface area contributed by atoms with Crippen molar-refractivity contribution in [2.75, 3.05) is 6.61 Å². The van der Waals surface area contributed by atoms with Gasteiger partial charge >= 0.3 is 11.9 Å². The molecule has 1 aromatic carbocycles. The van der Waals surface area contributed by atoms with Crippen LogP contribution in [0.4, 0.5) is 5.69 Å². The predicted octanol–water partition coefficient (Wildman–Crippen LogP) is 3.02. The molecular weight excluding hydrogens is 336 g/mol. The van der Waals surface area contributed by atoms with Crippen LogP contribution in [-0.2, 0) is 4.74 Å². The number of benzene rings is 1. The van der Waals surface area contributed by atoms with Gasteiger partial charge in [-0.05, 0) is 31.2 Å². The summed E-state index contributed by atoms with van der Waals surface area (Å²) in [6.45, 7) is 1.78. The number of aromatic carboxylic acids is 1. The molecule has 0 atom stereocenters. The Bertz CT molecular complexity index is 808. The summed E-state index contributed by atoms with van der Waals surface area (Å²) >= 11 is 0.894. The number of hydrogen-bond acceptors (Lipinski definition) is 7. The Hall–Kier alpha value is -2.94. The quantitative estimate of drug-likeness (QED) is 0.480. The van der Waals surface area contributed by atoms with Crippen molar-refractivity contribution in [3.63, 3.8) is 0 Å². The molecule has 24 heavy (non-hydrogen) atoms. The fourth-order valence-electron chi connectivity index (χ4n) is 1.84. The summed E-state index contributed by atoms with van der Waals surface area (Å²) < 4.78 is 4.82. The molecule has 0 unspecified atom stereocenters. The lowest BCUT2D eigenvalue weighted by atomic mass is 10.2. The first-order valence-electron chi connectivity index (χ1n) is 6.75. The lowest BCUT2D eigenvalue weighted by Gasteiger charge is -2.07. The molecule has 2 rings (SSSR count). The highest BCUT2D eigenvalue weighted by molar-refractivity contribution is 7.99. The Labute approximate surface area is 140 Å². The topological polar surface area (TPSA) is 120 Å². The molecule has 0 amide bonds. The van der Waals surface area contributed by atoms with Crippen molar-refractivity contribution in [3.8, 4) is 0 Å². The van der Waals surface area contributed by atoms with Crippen molar-refractivity contribution in [3.05, 3.63) is 57.9 Å². The Morgan fingerprint density at radius 2 is 2.08 bits per heavy atom. The Balaban J connectivity index is 2.42. The highest BCUT2D eigenvalue weighted by Crippen LogP contribution is 2.36. The van der Waals surface area contributed by atoms with Gasteiger partial charge in [0.25, 0.3) is 5.69 Å². The summed E-state index contributed by atoms with van der Waals surface area (Å²) in [5.41, 5.74) is -0.463. The molecule has 1 aromatic heterocycles. The minimum Gasteiger partial charge on any atom is -0.476 e. The molecule has 0 saturated heterocycles. The van der Waals surface area contributed by atoms with E-state index in [0.717, 1.165) is 17.8 Å². The van der Waals surface area contributed by atoms with E-state index in [9.17, 15) is 19.7 Å². The highest BCUT2D eigenvalue weighted by atomic mass is 32.2. The average molecular weight is 348 g/mol. The van der Waals surface area contributed by atoms with Crippen molar-refractivity contribution in [2.24, 2.45) is 0 Å². The number of aromatic nitrogens is 1. The van der Waals surface area contributed by atoms with Crippen molar-refractivity contribution < 1.29 is 24.4 Å². The first-order chi connectivity index (χ1) is 11.4. The number of ether oxygens (including phenoxy) is 1. The molecule has 0 aliphatic carbocycles. The first-order valence-corrected chi connectivity index (χ1v) is 7.57. The van der Waals surface area contributed by atoms with Crippen molar-refractivity contribution in [1.82, 2.24) is 4.98 Å². The SMILES string of the molecule is CCOC(=O)c1ccc(Sc2cccnc2C(=O)O)c([N+](=O)[O-])c1. The monoisotopic (exact) mass is 348 g/mol. The fourth-order valence-corrected chi connectivity index (χ4v) is 2.83. The Morgan fingerprint density at radius 3 is 2.71 bits per heavy atom. The van der Waals surface area contributed by atoms with Crippen LogP contribution in [0.25, 0.3) is 0 Å². The van der Waals surface area contributed by atoms with Crippen LogP contribution >= 0.6 is 11.8 Å². The molecule has 1 heterocycles. The molecule has 1 N–H and O–H groups in total. The van der Waals surface area contributed by atoms with Crippen LogP contribution in [0.2, 0.25) is 0 Å². The summed E-state index contributed by atoms with van der Waals surface area (Å²) in [4.78, 5) is 37.7. The second kappa shape index (κ2) is 7.55. The van der Waals surface area contributed by atoms with E-state index in [1.807, 2.05) is 0 Å². The van der Waals surface area contributed by atoms with Gasteiger partial charge in [0, 0.05) is 17.2 Å². The number of hydrogen-bond donors (Lipinski definition) is 1. The summed E-state index contributed by atoms with van der Waals surface area (Å²) in [5, 5.41) is 20.4. The fraction of sp³-hybridized carbons (Fsp3) is 0.133. The minimum absolute atomic E-state index is 0.0533. The lowest BCUT2D eigenvalue weighted by Crippen LogP contribution is -2.06. The van der Waals surface area contributed by atoms with Gasteiger partial charge in [-0.2, -0.15) is 0 Å². The zero-order valence-corrected chi connectivity index (χ0v) is 13.3. The smallest absolute Gasteiger partial charge is 0.355 e. The number of rotatable bonds is 6. The molecule has 2 aromatic rings. The van der Waals surface area contributed by atoms with E-state index in [-0.39, 0.29) is 33.3 Å². The van der Waals surface area contributed by atoms with Crippen LogP contribution < -0.4 is 0 Å². The van der Waals surface area contributed by atoms with Crippen LogP contribution in [0.3, 0.4) is 0 Å². The van der Waals surface area contributed by atoms with Gasteiger partial charge in [0.2, 0.25) is 0 Å². The minimum atomic E-state index is -1.23. The van der Waals surface area contributed by atoms with Gasteiger partial charge in [0.15, 0.2) is 5.69 Å². The second-order valence-electron chi connectivity index (χ2n) is 4.42. The molecule has 0 saturated carbocycles. The number of pyridine rings is 1. The van der Waals surface area contributed by atoms with E-state index in [4.69, 9.17) is 9.84 Å². The summed E-state index contributed by atoms with van der Waals surface area (Å²) in [5.74, 6) is -1.89. The predicted molar refractivity (Wildman–Crippen MR) is 84.4 cm³/mol. The molecule has 9 heteroatoms. The summed E-state index contributed by atoms with van der Waals surface area (Å²) in [6.07, 6.45) is 1.33. The number of carboxylic acid groups (broad SMARTS) is 1. The van der Waals surface area contributed by atoms with E-state index < -0.39 is 16.9 Å². The molecule has 0 radical (unpaired) electrons. The largest absolute Gasteiger partial charge is 0.476 e. The van der Waals surface area contributed by atoms with Gasteiger partial charge in [-0.1, -0.05) is 11.8 Å². The number of carbonyl (C=O) groups excluding carboxylic acids is 1. The molecule has 0 spiro atoms. The maximum Gasteiger partial charge on any atom is 0.355 e. The molecule has 124 valence electrons. The lowest BCUT2D eigenvalue weighted by molar-refractivity contribution is -0.387.